The van der Waals surface area contributed by atoms with E-state index in [-0.39, 0.29) is 11.9 Å². The highest BCUT2D eigenvalue weighted by Crippen LogP contribution is 2.23. The van der Waals surface area contributed by atoms with E-state index in [4.69, 9.17) is 4.74 Å². The summed E-state index contributed by atoms with van der Waals surface area (Å²) in [5.74, 6) is 0.104. The molecule has 0 aliphatic carbocycles. The maximum Gasteiger partial charge on any atom is 0.244 e. The molecule has 0 saturated heterocycles. The SMILES string of the molecule is COCCN(Cc1ccsc1)C(=O)C(c1ccc(C)cc1)N(C)C. The first-order chi connectivity index (χ1) is 11.5. The molecule has 5 heteroatoms. The highest BCUT2D eigenvalue weighted by molar-refractivity contribution is 7.07. The molecule has 0 saturated carbocycles. The van der Waals surface area contributed by atoms with E-state index < -0.39 is 0 Å². The molecule has 1 unspecified atom stereocenters. The molecule has 0 aliphatic rings. The predicted octanol–water partition coefficient (Wildman–Crippen LogP) is 3.33. The summed E-state index contributed by atoms with van der Waals surface area (Å²) in [6.07, 6.45) is 0. The van der Waals surface area contributed by atoms with Gasteiger partial charge in [0.2, 0.25) is 5.91 Å². The number of thiophene rings is 1. The van der Waals surface area contributed by atoms with Crippen LogP contribution in [0.1, 0.15) is 22.7 Å². The van der Waals surface area contributed by atoms with Crippen LogP contribution in [0.4, 0.5) is 0 Å². The van der Waals surface area contributed by atoms with Crippen molar-refractivity contribution >= 4 is 17.2 Å². The van der Waals surface area contributed by atoms with Crippen LogP contribution in [0, 0.1) is 6.92 Å². The second kappa shape index (κ2) is 8.97. The van der Waals surface area contributed by atoms with Gasteiger partial charge in [-0.1, -0.05) is 29.8 Å². The zero-order chi connectivity index (χ0) is 17.5. The molecule has 1 heterocycles. The Morgan fingerprint density at radius 3 is 2.46 bits per heavy atom. The number of aryl methyl sites for hydroxylation is 1. The molecule has 24 heavy (non-hydrogen) atoms. The molecular formula is C19H26N2O2S. The van der Waals surface area contributed by atoms with Crippen LogP contribution in [-0.2, 0) is 16.1 Å². The van der Waals surface area contributed by atoms with E-state index in [1.54, 1.807) is 18.4 Å². The molecule has 2 aromatic rings. The lowest BCUT2D eigenvalue weighted by molar-refractivity contribution is -0.137. The number of amides is 1. The summed E-state index contributed by atoms with van der Waals surface area (Å²) in [6.45, 7) is 3.78. The smallest absolute Gasteiger partial charge is 0.244 e. The lowest BCUT2D eigenvalue weighted by atomic mass is 10.0. The highest BCUT2D eigenvalue weighted by Gasteiger charge is 2.27. The van der Waals surface area contributed by atoms with Crippen LogP contribution in [0.15, 0.2) is 41.1 Å². The number of ether oxygens (including phenoxy) is 1. The second-order valence-electron chi connectivity index (χ2n) is 6.16. The van der Waals surface area contributed by atoms with Gasteiger partial charge < -0.3 is 9.64 Å². The van der Waals surface area contributed by atoms with Crippen LogP contribution in [0.2, 0.25) is 0 Å². The van der Waals surface area contributed by atoms with E-state index in [1.807, 2.05) is 41.4 Å². The molecule has 130 valence electrons. The summed E-state index contributed by atoms with van der Waals surface area (Å²) >= 11 is 1.65. The molecule has 4 nitrogen and oxygen atoms in total. The summed E-state index contributed by atoms with van der Waals surface area (Å²) in [5, 5.41) is 4.13. The van der Waals surface area contributed by atoms with Crippen LogP contribution in [-0.4, -0.2) is 50.1 Å². The fraction of sp³-hybridized carbons (Fsp3) is 0.421. The normalized spacial score (nSPS) is 12.4. The number of rotatable bonds is 8. The Bertz CT molecular complexity index is 623. The van der Waals surface area contributed by atoms with Crippen molar-refractivity contribution in [3.63, 3.8) is 0 Å². The quantitative estimate of drug-likeness (QED) is 0.735. The van der Waals surface area contributed by atoms with Gasteiger partial charge in [0.1, 0.15) is 6.04 Å². The molecule has 1 amide bonds. The first-order valence-electron chi connectivity index (χ1n) is 8.04. The Hall–Kier alpha value is -1.69. The maximum atomic E-state index is 13.2. The number of nitrogens with zero attached hydrogens (tertiary/aromatic N) is 2. The van der Waals surface area contributed by atoms with E-state index >= 15 is 0 Å². The van der Waals surface area contributed by atoms with Crippen molar-refractivity contribution in [3.8, 4) is 0 Å². The Kier molecular flexibility index (Phi) is 6.97. The Balaban J connectivity index is 2.24. The molecular weight excluding hydrogens is 320 g/mol. The topological polar surface area (TPSA) is 32.8 Å². The summed E-state index contributed by atoms with van der Waals surface area (Å²) in [4.78, 5) is 17.1. The van der Waals surface area contributed by atoms with Gasteiger partial charge in [-0.2, -0.15) is 11.3 Å². The maximum absolute atomic E-state index is 13.2. The lowest BCUT2D eigenvalue weighted by Crippen LogP contribution is -2.41. The van der Waals surface area contributed by atoms with Crippen molar-refractivity contribution in [1.29, 1.82) is 0 Å². The van der Waals surface area contributed by atoms with Crippen molar-refractivity contribution in [2.75, 3.05) is 34.4 Å². The van der Waals surface area contributed by atoms with Crippen molar-refractivity contribution in [3.05, 3.63) is 57.8 Å². The van der Waals surface area contributed by atoms with Crippen LogP contribution in [0.25, 0.3) is 0 Å². The van der Waals surface area contributed by atoms with E-state index in [0.29, 0.717) is 19.7 Å². The summed E-state index contributed by atoms with van der Waals surface area (Å²) in [6, 6.07) is 9.96. The molecule has 0 spiro atoms. The minimum Gasteiger partial charge on any atom is -0.383 e. The molecule has 1 aromatic carbocycles. The monoisotopic (exact) mass is 346 g/mol. The number of likely N-dealkylation sites (N-methyl/N-ethyl adjacent to an activating group) is 1. The van der Waals surface area contributed by atoms with Gasteiger partial charge in [-0.3, -0.25) is 9.69 Å². The number of hydrogen-bond donors (Lipinski definition) is 0. The fourth-order valence-electron chi connectivity index (χ4n) is 2.65. The molecule has 1 atom stereocenters. The Morgan fingerprint density at radius 2 is 1.92 bits per heavy atom. The first kappa shape index (κ1) is 18.6. The second-order valence-corrected chi connectivity index (χ2v) is 6.94. The number of methoxy groups -OCH3 is 1. The first-order valence-corrected chi connectivity index (χ1v) is 8.99. The number of benzene rings is 1. The molecule has 0 radical (unpaired) electrons. The van der Waals surface area contributed by atoms with Crippen LogP contribution >= 0.6 is 11.3 Å². The standard InChI is InChI=1S/C19H26N2O2S/c1-15-5-7-17(8-6-15)18(20(2)3)19(22)21(10-11-23-4)13-16-9-12-24-14-16/h5-9,12,14,18H,10-11,13H2,1-4H3. The molecule has 0 bridgehead atoms. The third kappa shape index (κ3) is 4.90. The van der Waals surface area contributed by atoms with E-state index in [0.717, 1.165) is 11.1 Å². The summed E-state index contributed by atoms with van der Waals surface area (Å²) in [5.41, 5.74) is 3.37. The third-order valence-electron chi connectivity index (χ3n) is 3.97. The van der Waals surface area contributed by atoms with E-state index in [1.165, 1.54) is 5.56 Å². The number of carbonyl (C=O) groups is 1. The average molecular weight is 346 g/mol. The zero-order valence-corrected chi connectivity index (χ0v) is 15.7. The summed E-state index contributed by atoms with van der Waals surface area (Å²) < 4.78 is 5.20. The van der Waals surface area contributed by atoms with Gasteiger partial charge in [0.05, 0.1) is 6.61 Å². The van der Waals surface area contributed by atoms with Crippen LogP contribution in [0.5, 0.6) is 0 Å². The van der Waals surface area contributed by atoms with Crippen molar-refractivity contribution in [2.24, 2.45) is 0 Å². The van der Waals surface area contributed by atoms with Crippen molar-refractivity contribution in [1.82, 2.24) is 9.80 Å². The van der Waals surface area contributed by atoms with Gasteiger partial charge in [-0.15, -0.1) is 0 Å². The van der Waals surface area contributed by atoms with Crippen molar-refractivity contribution < 1.29 is 9.53 Å². The molecule has 1 aromatic heterocycles. The Morgan fingerprint density at radius 1 is 1.21 bits per heavy atom. The number of carbonyl (C=O) groups excluding carboxylic acids is 1. The van der Waals surface area contributed by atoms with Gasteiger partial charge in [0.15, 0.2) is 0 Å². The fourth-order valence-corrected chi connectivity index (χ4v) is 3.31. The molecule has 2 rings (SSSR count). The van der Waals surface area contributed by atoms with Crippen molar-refractivity contribution in [2.45, 2.75) is 19.5 Å². The average Bonchev–Trinajstić information content (AvgIpc) is 3.06. The predicted molar refractivity (Wildman–Crippen MR) is 99.2 cm³/mol. The third-order valence-corrected chi connectivity index (χ3v) is 4.71. The van der Waals surface area contributed by atoms with Gasteiger partial charge in [0.25, 0.3) is 0 Å². The minimum atomic E-state index is -0.291. The lowest BCUT2D eigenvalue weighted by Gasteiger charge is -2.31. The van der Waals surface area contributed by atoms with Gasteiger partial charge in [-0.25, -0.2) is 0 Å². The van der Waals surface area contributed by atoms with Gasteiger partial charge >= 0.3 is 0 Å². The van der Waals surface area contributed by atoms with Crippen LogP contribution < -0.4 is 0 Å². The minimum absolute atomic E-state index is 0.104. The number of hydrogen-bond acceptors (Lipinski definition) is 4. The zero-order valence-electron chi connectivity index (χ0n) is 14.9. The highest BCUT2D eigenvalue weighted by atomic mass is 32.1. The van der Waals surface area contributed by atoms with Crippen LogP contribution in [0.3, 0.4) is 0 Å². The Labute approximate surface area is 148 Å². The summed E-state index contributed by atoms with van der Waals surface area (Å²) in [7, 11) is 5.56. The van der Waals surface area contributed by atoms with Gasteiger partial charge in [0, 0.05) is 20.2 Å². The molecule has 0 aliphatic heterocycles. The van der Waals surface area contributed by atoms with E-state index in [9.17, 15) is 4.79 Å². The van der Waals surface area contributed by atoms with E-state index in [2.05, 4.69) is 30.5 Å². The van der Waals surface area contributed by atoms with Gasteiger partial charge in [-0.05, 0) is 49.0 Å². The largest absolute Gasteiger partial charge is 0.383 e. The molecule has 0 fully saturated rings. The molecule has 0 N–H and O–H groups in total.